The van der Waals surface area contributed by atoms with E-state index in [2.05, 4.69) is 5.10 Å². The second-order valence-electron chi connectivity index (χ2n) is 6.28. The molecule has 0 fully saturated rings. The van der Waals surface area contributed by atoms with Gasteiger partial charge in [-0.05, 0) is 29.8 Å². The summed E-state index contributed by atoms with van der Waals surface area (Å²) in [5, 5.41) is 13.7. The molecule has 10 heteroatoms. The molecule has 1 heterocycles. The molecular weight excluding hydrogens is 416 g/mol. The monoisotopic (exact) mass is 430 g/mol. The van der Waals surface area contributed by atoms with Gasteiger partial charge in [-0.2, -0.15) is 10.1 Å². The molecule has 2 aromatic carbocycles. The highest BCUT2D eigenvalue weighted by Crippen LogP contribution is 2.34. The number of benzene rings is 2. The van der Waals surface area contributed by atoms with Crippen LogP contribution in [0.3, 0.4) is 0 Å². The Hall–Kier alpha value is -2.65. The van der Waals surface area contributed by atoms with Gasteiger partial charge in [-0.3, -0.25) is 4.79 Å². The first-order valence-electron chi connectivity index (χ1n) is 8.39. The van der Waals surface area contributed by atoms with E-state index >= 15 is 0 Å². The standard InChI is InChI=1S/C19H15ClF4N2O3/c20-13-3-1-2-4-15(13)29-10-11-5-7-12(8-6-11)17(27)26-19(28,18(23)24)9-14(25-26)16(21)22/h1-8,16,18,28H,9-10H2. The van der Waals surface area contributed by atoms with Crippen LogP contribution in [-0.2, 0) is 6.61 Å². The van der Waals surface area contributed by atoms with Crippen LogP contribution in [0.15, 0.2) is 53.6 Å². The Morgan fingerprint density at radius 1 is 1.17 bits per heavy atom. The molecule has 0 spiro atoms. The maximum atomic E-state index is 13.3. The Bertz CT molecular complexity index is 924. The summed E-state index contributed by atoms with van der Waals surface area (Å²) in [6.45, 7) is 0.122. The zero-order valence-electron chi connectivity index (χ0n) is 14.7. The number of carbonyl (C=O) groups is 1. The van der Waals surface area contributed by atoms with E-state index in [9.17, 15) is 27.5 Å². The minimum atomic E-state index is -3.48. The van der Waals surface area contributed by atoms with Gasteiger partial charge >= 0.3 is 0 Å². The molecule has 1 aliphatic heterocycles. The van der Waals surface area contributed by atoms with Crippen LogP contribution in [0.1, 0.15) is 22.3 Å². The number of hydrazone groups is 1. The maximum Gasteiger partial charge on any atom is 0.287 e. The second kappa shape index (κ2) is 8.38. The van der Waals surface area contributed by atoms with E-state index in [1.807, 2.05) is 0 Å². The molecule has 0 aromatic heterocycles. The van der Waals surface area contributed by atoms with E-state index in [4.69, 9.17) is 16.3 Å². The van der Waals surface area contributed by atoms with Gasteiger partial charge in [0.1, 0.15) is 18.1 Å². The maximum absolute atomic E-state index is 13.3. The topological polar surface area (TPSA) is 62.1 Å². The van der Waals surface area contributed by atoms with Gasteiger partial charge in [-0.15, -0.1) is 0 Å². The molecule has 0 aliphatic carbocycles. The SMILES string of the molecule is O=C(c1ccc(COc2ccccc2Cl)cc1)N1N=C(C(F)F)CC1(O)C(F)F. The lowest BCUT2D eigenvalue weighted by atomic mass is 10.1. The molecule has 0 saturated heterocycles. The van der Waals surface area contributed by atoms with Crippen LogP contribution in [-0.4, -0.2) is 40.3 Å². The van der Waals surface area contributed by atoms with Crippen LogP contribution in [0.25, 0.3) is 0 Å². The number of aliphatic hydroxyl groups is 1. The predicted molar refractivity (Wildman–Crippen MR) is 97.4 cm³/mol. The van der Waals surface area contributed by atoms with Crippen LogP contribution in [0.2, 0.25) is 5.02 Å². The molecule has 0 saturated carbocycles. The van der Waals surface area contributed by atoms with Gasteiger partial charge in [0.15, 0.2) is 0 Å². The molecule has 3 rings (SSSR count). The number of amides is 1. The number of carbonyl (C=O) groups excluding carboxylic acids is 1. The van der Waals surface area contributed by atoms with Crippen LogP contribution in [0.4, 0.5) is 17.6 Å². The molecule has 0 bridgehead atoms. The third kappa shape index (κ3) is 4.35. The van der Waals surface area contributed by atoms with E-state index in [-0.39, 0.29) is 17.2 Å². The Labute approximate surface area is 168 Å². The number of nitrogens with zero attached hydrogens (tertiary/aromatic N) is 2. The highest BCUT2D eigenvalue weighted by atomic mass is 35.5. The summed E-state index contributed by atoms with van der Waals surface area (Å²) in [5.41, 5.74) is -3.56. The third-order valence-electron chi connectivity index (χ3n) is 4.26. The van der Waals surface area contributed by atoms with Crippen molar-refractivity contribution in [1.82, 2.24) is 5.01 Å². The van der Waals surface area contributed by atoms with Crippen molar-refractivity contribution in [2.24, 2.45) is 5.10 Å². The summed E-state index contributed by atoms with van der Waals surface area (Å²) in [7, 11) is 0. The van der Waals surface area contributed by atoms with Crippen LogP contribution in [0.5, 0.6) is 5.75 Å². The second-order valence-corrected chi connectivity index (χ2v) is 6.69. The minimum absolute atomic E-state index is 0.0222. The van der Waals surface area contributed by atoms with E-state index in [0.717, 1.165) is 0 Å². The lowest BCUT2D eigenvalue weighted by Gasteiger charge is -2.30. The van der Waals surface area contributed by atoms with Gasteiger partial charge in [-0.1, -0.05) is 35.9 Å². The number of halogens is 5. The summed E-state index contributed by atoms with van der Waals surface area (Å²) >= 11 is 5.99. The van der Waals surface area contributed by atoms with Gasteiger partial charge in [0.25, 0.3) is 18.8 Å². The normalized spacial score (nSPS) is 19.0. The van der Waals surface area contributed by atoms with Crippen LogP contribution >= 0.6 is 11.6 Å². The first kappa shape index (κ1) is 21.1. The molecule has 1 aliphatic rings. The largest absolute Gasteiger partial charge is 0.487 e. The number of rotatable bonds is 6. The third-order valence-corrected chi connectivity index (χ3v) is 4.57. The zero-order valence-corrected chi connectivity index (χ0v) is 15.5. The van der Waals surface area contributed by atoms with Crippen LogP contribution in [0, 0.1) is 0 Å². The van der Waals surface area contributed by atoms with Gasteiger partial charge in [-0.25, -0.2) is 17.6 Å². The quantitative estimate of drug-likeness (QED) is 0.693. The molecule has 0 radical (unpaired) electrons. The van der Waals surface area contributed by atoms with Crippen molar-refractivity contribution in [2.75, 3.05) is 0 Å². The van der Waals surface area contributed by atoms with Crippen molar-refractivity contribution in [3.8, 4) is 5.75 Å². The number of hydrogen-bond donors (Lipinski definition) is 1. The summed E-state index contributed by atoms with van der Waals surface area (Å²) in [4.78, 5) is 12.5. The highest BCUT2D eigenvalue weighted by Gasteiger charge is 2.53. The lowest BCUT2D eigenvalue weighted by Crippen LogP contribution is -2.51. The number of para-hydroxylation sites is 1. The van der Waals surface area contributed by atoms with Gasteiger partial charge in [0.05, 0.1) is 5.02 Å². The number of alkyl halides is 4. The number of ether oxygens (including phenoxy) is 1. The Balaban J connectivity index is 1.75. The van der Waals surface area contributed by atoms with E-state index in [1.54, 1.807) is 24.3 Å². The summed E-state index contributed by atoms with van der Waals surface area (Å²) < 4.78 is 57.8. The fraction of sp³-hybridized carbons (Fsp3) is 0.263. The highest BCUT2D eigenvalue weighted by molar-refractivity contribution is 6.32. The molecule has 29 heavy (non-hydrogen) atoms. The van der Waals surface area contributed by atoms with Crippen molar-refractivity contribution in [3.63, 3.8) is 0 Å². The Kier molecular flexibility index (Phi) is 6.09. The molecule has 1 atom stereocenters. The van der Waals surface area contributed by atoms with Crippen molar-refractivity contribution in [3.05, 3.63) is 64.7 Å². The lowest BCUT2D eigenvalue weighted by molar-refractivity contribution is -0.164. The first-order valence-corrected chi connectivity index (χ1v) is 8.77. The van der Waals surface area contributed by atoms with Gasteiger partial charge in [0.2, 0.25) is 5.72 Å². The number of hydrogen-bond acceptors (Lipinski definition) is 4. The molecule has 1 N–H and O–H groups in total. The fourth-order valence-corrected chi connectivity index (χ4v) is 2.88. The fourth-order valence-electron chi connectivity index (χ4n) is 2.69. The zero-order chi connectivity index (χ0) is 21.2. The van der Waals surface area contributed by atoms with E-state index in [1.165, 1.54) is 24.3 Å². The molecule has 1 amide bonds. The van der Waals surface area contributed by atoms with E-state index < -0.39 is 36.6 Å². The van der Waals surface area contributed by atoms with Gasteiger partial charge in [0, 0.05) is 12.0 Å². The minimum Gasteiger partial charge on any atom is -0.487 e. The molecular formula is C19H15ClF4N2O3. The first-order chi connectivity index (χ1) is 13.7. The molecule has 1 unspecified atom stereocenters. The smallest absolute Gasteiger partial charge is 0.287 e. The van der Waals surface area contributed by atoms with Crippen LogP contribution < -0.4 is 4.74 Å². The van der Waals surface area contributed by atoms with E-state index in [0.29, 0.717) is 16.3 Å². The summed E-state index contributed by atoms with van der Waals surface area (Å²) in [5.74, 6) is -0.663. The molecule has 5 nitrogen and oxygen atoms in total. The van der Waals surface area contributed by atoms with Gasteiger partial charge < -0.3 is 9.84 Å². The Morgan fingerprint density at radius 2 is 1.83 bits per heavy atom. The predicted octanol–water partition coefficient (Wildman–Crippen LogP) is 4.34. The van der Waals surface area contributed by atoms with Crippen molar-refractivity contribution in [2.45, 2.75) is 31.6 Å². The summed E-state index contributed by atoms with van der Waals surface area (Å²) in [6.07, 6.45) is -7.77. The average Bonchev–Trinajstić information content (AvgIpc) is 3.07. The summed E-state index contributed by atoms with van der Waals surface area (Å²) in [6, 6.07) is 12.4. The molecule has 154 valence electrons. The molecule has 2 aromatic rings. The van der Waals surface area contributed by atoms with Crippen molar-refractivity contribution >= 4 is 23.2 Å². The van der Waals surface area contributed by atoms with Crippen molar-refractivity contribution < 1.29 is 32.2 Å². The van der Waals surface area contributed by atoms with Crippen molar-refractivity contribution in [1.29, 1.82) is 0 Å². The Morgan fingerprint density at radius 3 is 2.41 bits per heavy atom. The average molecular weight is 431 g/mol.